The third-order valence-electron chi connectivity index (χ3n) is 3.43. The molecule has 0 fully saturated rings. The Kier molecular flexibility index (Phi) is 4.02. The van der Waals surface area contributed by atoms with Gasteiger partial charge in [0, 0.05) is 30.9 Å². The van der Waals surface area contributed by atoms with Gasteiger partial charge < -0.3 is 10.2 Å². The molecule has 0 saturated carbocycles. The smallest absolute Gasteiger partial charge is 0.237 e. The number of imidazole rings is 1. The number of benzene rings is 1. The molecule has 3 rings (SSSR count). The molecule has 0 aliphatic carbocycles. The molecule has 0 unspecified atom stereocenters. The largest absolute Gasteiger partial charge is 0.368 e. The van der Waals surface area contributed by atoms with E-state index < -0.39 is 0 Å². The molecular formula is C16H20N6. The van der Waals surface area contributed by atoms with Crippen LogP contribution in [-0.2, 0) is 0 Å². The van der Waals surface area contributed by atoms with Crippen LogP contribution in [0.5, 0.6) is 0 Å². The summed E-state index contributed by atoms with van der Waals surface area (Å²) in [7, 11) is 4.11. The zero-order valence-corrected chi connectivity index (χ0v) is 13.1. The Morgan fingerprint density at radius 3 is 2.82 bits per heavy atom. The molecule has 0 bridgehead atoms. The number of hydrogen-bond acceptors (Lipinski definition) is 5. The van der Waals surface area contributed by atoms with E-state index in [2.05, 4.69) is 58.3 Å². The number of nitrogens with one attached hydrogen (secondary N) is 1. The first kappa shape index (κ1) is 14.5. The van der Waals surface area contributed by atoms with Gasteiger partial charge in [-0.15, -0.1) is 0 Å². The van der Waals surface area contributed by atoms with E-state index in [9.17, 15) is 0 Å². The van der Waals surface area contributed by atoms with Crippen LogP contribution in [0.2, 0.25) is 0 Å². The van der Waals surface area contributed by atoms with Gasteiger partial charge in [0.25, 0.3) is 0 Å². The highest BCUT2D eigenvalue weighted by atomic mass is 15.2. The second-order valence-electron chi connectivity index (χ2n) is 5.59. The van der Waals surface area contributed by atoms with Crippen LogP contribution in [0.1, 0.15) is 5.56 Å². The maximum absolute atomic E-state index is 4.66. The first-order valence-electron chi connectivity index (χ1n) is 7.29. The summed E-state index contributed by atoms with van der Waals surface area (Å²) >= 11 is 0. The van der Waals surface area contributed by atoms with E-state index >= 15 is 0 Å². The number of likely N-dealkylation sites (N-methyl/N-ethyl adjacent to an activating group) is 1. The fourth-order valence-corrected chi connectivity index (χ4v) is 2.26. The van der Waals surface area contributed by atoms with E-state index in [1.165, 1.54) is 5.56 Å². The van der Waals surface area contributed by atoms with Gasteiger partial charge in [-0.2, -0.15) is 4.98 Å². The molecule has 0 aliphatic rings. The highest BCUT2D eigenvalue weighted by molar-refractivity contribution is 5.90. The quantitative estimate of drug-likeness (QED) is 0.781. The van der Waals surface area contributed by atoms with E-state index in [0.29, 0.717) is 5.95 Å². The molecule has 22 heavy (non-hydrogen) atoms. The number of aromatic nitrogens is 4. The van der Waals surface area contributed by atoms with Crippen molar-refractivity contribution >= 4 is 16.7 Å². The number of anilines is 1. The fraction of sp³-hybridized carbons (Fsp3) is 0.312. The minimum Gasteiger partial charge on any atom is -0.368 e. The molecule has 114 valence electrons. The molecule has 1 aromatic carbocycles. The molecule has 6 nitrogen and oxygen atoms in total. The lowest BCUT2D eigenvalue weighted by molar-refractivity contribution is 0.425. The molecule has 3 aromatic rings. The van der Waals surface area contributed by atoms with Crippen molar-refractivity contribution in [3.63, 3.8) is 0 Å². The summed E-state index contributed by atoms with van der Waals surface area (Å²) in [5.41, 5.74) is 2.12. The summed E-state index contributed by atoms with van der Waals surface area (Å²) in [6.07, 6.45) is 5.28. The first-order valence-corrected chi connectivity index (χ1v) is 7.29. The Labute approximate surface area is 129 Å². The van der Waals surface area contributed by atoms with Gasteiger partial charge in [-0.3, -0.25) is 4.57 Å². The molecule has 0 atom stereocenters. The minimum atomic E-state index is 0.626. The van der Waals surface area contributed by atoms with E-state index in [1.54, 1.807) is 12.5 Å². The second kappa shape index (κ2) is 6.11. The predicted molar refractivity (Wildman–Crippen MR) is 88.4 cm³/mol. The zero-order valence-electron chi connectivity index (χ0n) is 13.1. The lowest BCUT2D eigenvalue weighted by atomic mass is 10.1. The van der Waals surface area contributed by atoms with Crippen LogP contribution in [0, 0.1) is 6.92 Å². The van der Waals surface area contributed by atoms with Crippen LogP contribution in [-0.4, -0.2) is 51.6 Å². The van der Waals surface area contributed by atoms with E-state index in [4.69, 9.17) is 0 Å². The van der Waals surface area contributed by atoms with Crippen molar-refractivity contribution in [1.82, 2.24) is 24.4 Å². The normalized spacial score (nSPS) is 11.3. The van der Waals surface area contributed by atoms with Crippen LogP contribution in [0.4, 0.5) is 5.82 Å². The molecule has 2 heterocycles. The lowest BCUT2D eigenvalue weighted by Crippen LogP contribution is -2.21. The SMILES string of the molecule is Cc1ccc2nc(-n3ccnc3)nc(NCCN(C)C)c2c1. The highest BCUT2D eigenvalue weighted by Gasteiger charge is 2.09. The molecule has 0 saturated heterocycles. The fourth-order valence-electron chi connectivity index (χ4n) is 2.26. The van der Waals surface area contributed by atoms with Crippen LogP contribution in [0.25, 0.3) is 16.9 Å². The second-order valence-corrected chi connectivity index (χ2v) is 5.59. The third-order valence-corrected chi connectivity index (χ3v) is 3.43. The lowest BCUT2D eigenvalue weighted by Gasteiger charge is -2.14. The van der Waals surface area contributed by atoms with Gasteiger partial charge in [0.05, 0.1) is 5.52 Å². The average molecular weight is 296 g/mol. The van der Waals surface area contributed by atoms with Crippen LogP contribution in [0.15, 0.2) is 36.9 Å². The first-order chi connectivity index (χ1) is 10.6. The highest BCUT2D eigenvalue weighted by Crippen LogP contribution is 2.22. The van der Waals surface area contributed by atoms with Crippen LogP contribution >= 0.6 is 0 Å². The summed E-state index contributed by atoms with van der Waals surface area (Å²) in [6.45, 7) is 3.85. The molecule has 0 radical (unpaired) electrons. The number of fused-ring (bicyclic) bond motifs is 1. The van der Waals surface area contributed by atoms with Crippen molar-refractivity contribution in [1.29, 1.82) is 0 Å². The van der Waals surface area contributed by atoms with Crippen molar-refractivity contribution in [2.24, 2.45) is 0 Å². The standard InChI is InChI=1S/C16H20N6/c1-12-4-5-14-13(10-12)15(18-7-8-21(2)3)20-16(19-14)22-9-6-17-11-22/h4-6,9-11H,7-8H2,1-3H3,(H,18,19,20). The molecule has 0 spiro atoms. The van der Waals surface area contributed by atoms with Crippen molar-refractivity contribution in [2.75, 3.05) is 32.5 Å². The Morgan fingerprint density at radius 2 is 2.09 bits per heavy atom. The number of aryl methyl sites for hydroxylation is 1. The maximum Gasteiger partial charge on any atom is 0.237 e. The summed E-state index contributed by atoms with van der Waals surface area (Å²) < 4.78 is 1.82. The summed E-state index contributed by atoms with van der Waals surface area (Å²) in [5.74, 6) is 1.49. The van der Waals surface area contributed by atoms with Gasteiger partial charge in [-0.1, -0.05) is 11.6 Å². The summed E-state index contributed by atoms with van der Waals surface area (Å²) in [4.78, 5) is 15.5. The average Bonchev–Trinajstić information content (AvgIpc) is 3.01. The Morgan fingerprint density at radius 1 is 1.23 bits per heavy atom. The summed E-state index contributed by atoms with van der Waals surface area (Å²) in [5, 5.41) is 4.47. The van der Waals surface area contributed by atoms with Crippen molar-refractivity contribution < 1.29 is 0 Å². The summed E-state index contributed by atoms with van der Waals surface area (Å²) in [6, 6.07) is 6.21. The number of rotatable bonds is 5. The van der Waals surface area contributed by atoms with Crippen molar-refractivity contribution in [3.8, 4) is 5.95 Å². The van der Waals surface area contributed by atoms with Crippen LogP contribution in [0.3, 0.4) is 0 Å². The Hall–Kier alpha value is -2.47. The minimum absolute atomic E-state index is 0.626. The van der Waals surface area contributed by atoms with Gasteiger partial charge in [0.15, 0.2) is 0 Å². The Bertz CT molecular complexity index is 764. The zero-order chi connectivity index (χ0) is 15.5. The number of nitrogens with zero attached hydrogens (tertiary/aromatic N) is 5. The van der Waals surface area contributed by atoms with E-state index in [-0.39, 0.29) is 0 Å². The van der Waals surface area contributed by atoms with Crippen molar-refractivity contribution in [3.05, 3.63) is 42.5 Å². The van der Waals surface area contributed by atoms with E-state index in [0.717, 1.165) is 29.8 Å². The molecule has 1 N–H and O–H groups in total. The topological polar surface area (TPSA) is 58.9 Å². The number of hydrogen-bond donors (Lipinski definition) is 1. The monoisotopic (exact) mass is 296 g/mol. The molecule has 2 aromatic heterocycles. The maximum atomic E-state index is 4.66. The Balaban J connectivity index is 2.03. The van der Waals surface area contributed by atoms with Crippen molar-refractivity contribution in [2.45, 2.75) is 6.92 Å². The third kappa shape index (κ3) is 3.07. The van der Waals surface area contributed by atoms with E-state index in [1.807, 2.05) is 16.8 Å². The van der Waals surface area contributed by atoms with Gasteiger partial charge in [-0.25, -0.2) is 9.97 Å². The molecule has 6 heteroatoms. The van der Waals surface area contributed by atoms with Gasteiger partial charge in [0.1, 0.15) is 12.1 Å². The molecule has 0 aliphatic heterocycles. The van der Waals surface area contributed by atoms with Gasteiger partial charge in [0.2, 0.25) is 5.95 Å². The van der Waals surface area contributed by atoms with Crippen LogP contribution < -0.4 is 5.32 Å². The predicted octanol–water partition coefficient (Wildman–Crippen LogP) is 2.10. The van der Waals surface area contributed by atoms with Gasteiger partial charge >= 0.3 is 0 Å². The molecule has 0 amide bonds. The molecular weight excluding hydrogens is 276 g/mol. The van der Waals surface area contributed by atoms with Gasteiger partial charge in [-0.05, 0) is 33.2 Å².